The van der Waals surface area contributed by atoms with Crippen molar-refractivity contribution in [1.29, 1.82) is 0 Å². The molecule has 2 N–H and O–H groups in total. The van der Waals surface area contributed by atoms with Crippen LogP contribution < -0.4 is 10.6 Å². The SMILES string of the molecule is Nc1ccc(N2CCN3C(=O)CCC3C2)c2cccnc12. The molecule has 2 aliphatic rings. The first-order chi connectivity index (χ1) is 10.2. The molecular weight excluding hydrogens is 264 g/mol. The van der Waals surface area contributed by atoms with Crippen molar-refractivity contribution in [2.75, 3.05) is 30.3 Å². The molecule has 0 aliphatic carbocycles. The first kappa shape index (κ1) is 12.4. The molecule has 0 radical (unpaired) electrons. The highest BCUT2D eigenvalue weighted by Crippen LogP contribution is 2.32. The van der Waals surface area contributed by atoms with Gasteiger partial charge in [0.15, 0.2) is 0 Å². The van der Waals surface area contributed by atoms with Crippen LogP contribution in [-0.2, 0) is 4.79 Å². The summed E-state index contributed by atoms with van der Waals surface area (Å²) in [5.41, 5.74) is 8.77. The smallest absolute Gasteiger partial charge is 0.223 e. The van der Waals surface area contributed by atoms with Gasteiger partial charge in [0.25, 0.3) is 0 Å². The van der Waals surface area contributed by atoms with Gasteiger partial charge in [-0.3, -0.25) is 9.78 Å². The minimum Gasteiger partial charge on any atom is -0.397 e. The number of hydrogen-bond donors (Lipinski definition) is 1. The van der Waals surface area contributed by atoms with E-state index in [9.17, 15) is 4.79 Å². The standard InChI is InChI=1S/C16H18N4O/c17-13-4-5-14(12-2-1-7-18-16(12)13)19-8-9-20-11(10-19)3-6-15(20)21/h1-2,4-5,7,11H,3,6,8-10,17H2. The number of nitrogens with zero attached hydrogens (tertiary/aromatic N) is 3. The van der Waals surface area contributed by atoms with Crippen molar-refractivity contribution in [3.8, 4) is 0 Å². The van der Waals surface area contributed by atoms with Crippen molar-refractivity contribution < 1.29 is 4.79 Å². The van der Waals surface area contributed by atoms with Gasteiger partial charge in [-0.25, -0.2) is 0 Å². The monoisotopic (exact) mass is 282 g/mol. The Balaban J connectivity index is 1.71. The molecule has 1 amide bonds. The molecule has 21 heavy (non-hydrogen) atoms. The predicted molar refractivity (Wildman–Crippen MR) is 83.1 cm³/mol. The lowest BCUT2D eigenvalue weighted by Crippen LogP contribution is -2.51. The molecule has 1 aromatic carbocycles. The number of benzene rings is 1. The maximum Gasteiger partial charge on any atom is 0.223 e. The van der Waals surface area contributed by atoms with E-state index in [2.05, 4.69) is 22.0 Å². The molecule has 1 unspecified atom stereocenters. The van der Waals surface area contributed by atoms with Crippen molar-refractivity contribution in [3.63, 3.8) is 0 Å². The Kier molecular flexibility index (Phi) is 2.74. The van der Waals surface area contributed by atoms with E-state index in [0.29, 0.717) is 24.1 Å². The molecule has 2 aliphatic heterocycles. The summed E-state index contributed by atoms with van der Waals surface area (Å²) < 4.78 is 0. The number of carbonyl (C=O) groups excluding carboxylic acids is 1. The molecule has 4 rings (SSSR count). The van der Waals surface area contributed by atoms with Gasteiger partial charge in [0.05, 0.1) is 11.2 Å². The molecule has 5 nitrogen and oxygen atoms in total. The highest BCUT2D eigenvalue weighted by molar-refractivity contribution is 5.98. The van der Waals surface area contributed by atoms with Crippen LogP contribution in [-0.4, -0.2) is 41.5 Å². The number of nitrogen functional groups attached to an aromatic ring is 1. The van der Waals surface area contributed by atoms with Gasteiger partial charge in [-0.05, 0) is 30.7 Å². The van der Waals surface area contributed by atoms with Gasteiger partial charge in [-0.1, -0.05) is 0 Å². The molecule has 2 fully saturated rings. The van der Waals surface area contributed by atoms with Gasteiger partial charge < -0.3 is 15.5 Å². The van der Waals surface area contributed by atoms with E-state index < -0.39 is 0 Å². The van der Waals surface area contributed by atoms with Gasteiger partial charge in [0.2, 0.25) is 5.91 Å². The second-order valence-corrected chi connectivity index (χ2v) is 5.80. The lowest BCUT2D eigenvalue weighted by molar-refractivity contribution is -0.129. The zero-order valence-electron chi connectivity index (χ0n) is 11.8. The van der Waals surface area contributed by atoms with Crippen LogP contribution in [0.5, 0.6) is 0 Å². The number of fused-ring (bicyclic) bond motifs is 2. The van der Waals surface area contributed by atoms with E-state index in [-0.39, 0.29) is 0 Å². The van der Waals surface area contributed by atoms with Crippen molar-refractivity contribution >= 4 is 28.2 Å². The lowest BCUT2D eigenvalue weighted by Gasteiger charge is -2.39. The molecule has 5 heteroatoms. The van der Waals surface area contributed by atoms with Crippen LogP contribution in [0.4, 0.5) is 11.4 Å². The summed E-state index contributed by atoms with van der Waals surface area (Å²) in [4.78, 5) is 20.6. The normalized spacial score (nSPS) is 21.9. The summed E-state index contributed by atoms with van der Waals surface area (Å²) in [7, 11) is 0. The molecule has 0 bridgehead atoms. The zero-order valence-corrected chi connectivity index (χ0v) is 11.8. The van der Waals surface area contributed by atoms with Crippen LogP contribution in [0.25, 0.3) is 10.9 Å². The molecule has 3 heterocycles. The number of amides is 1. The lowest BCUT2D eigenvalue weighted by atomic mass is 10.1. The van der Waals surface area contributed by atoms with Gasteiger partial charge in [0.1, 0.15) is 0 Å². The number of piperazine rings is 1. The molecule has 0 spiro atoms. The summed E-state index contributed by atoms with van der Waals surface area (Å²) in [6.07, 6.45) is 3.44. The van der Waals surface area contributed by atoms with Gasteiger partial charge in [0, 0.05) is 49.4 Å². The maximum absolute atomic E-state index is 11.8. The Bertz CT molecular complexity index is 714. The third kappa shape index (κ3) is 1.92. The van der Waals surface area contributed by atoms with Gasteiger partial charge in [-0.15, -0.1) is 0 Å². The second-order valence-electron chi connectivity index (χ2n) is 5.80. The summed E-state index contributed by atoms with van der Waals surface area (Å²) in [5, 5.41) is 1.09. The van der Waals surface area contributed by atoms with E-state index in [1.54, 1.807) is 6.20 Å². The Morgan fingerprint density at radius 3 is 3.05 bits per heavy atom. The Labute approximate surface area is 123 Å². The molecule has 2 saturated heterocycles. The number of carbonyl (C=O) groups is 1. The van der Waals surface area contributed by atoms with E-state index >= 15 is 0 Å². The topological polar surface area (TPSA) is 62.5 Å². The number of aromatic nitrogens is 1. The second kappa shape index (κ2) is 4.62. The molecule has 1 atom stereocenters. The largest absolute Gasteiger partial charge is 0.397 e. The summed E-state index contributed by atoms with van der Waals surface area (Å²) in [6, 6.07) is 8.37. The fourth-order valence-corrected chi connectivity index (χ4v) is 3.54. The molecular formula is C16H18N4O. The van der Waals surface area contributed by atoms with Crippen LogP contribution in [0, 0.1) is 0 Å². The summed E-state index contributed by atoms with van der Waals surface area (Å²) in [5.74, 6) is 0.309. The zero-order chi connectivity index (χ0) is 14.4. The van der Waals surface area contributed by atoms with Crippen LogP contribution in [0.15, 0.2) is 30.5 Å². The number of anilines is 2. The third-order valence-corrected chi connectivity index (χ3v) is 4.61. The number of nitrogens with two attached hydrogens (primary N) is 1. The average Bonchev–Trinajstić information content (AvgIpc) is 2.89. The maximum atomic E-state index is 11.8. The van der Waals surface area contributed by atoms with Crippen molar-refractivity contribution in [1.82, 2.24) is 9.88 Å². The van der Waals surface area contributed by atoms with E-state index in [1.807, 2.05) is 17.0 Å². The average molecular weight is 282 g/mol. The first-order valence-corrected chi connectivity index (χ1v) is 7.41. The first-order valence-electron chi connectivity index (χ1n) is 7.41. The summed E-state index contributed by atoms with van der Waals surface area (Å²) >= 11 is 0. The van der Waals surface area contributed by atoms with Gasteiger partial charge in [-0.2, -0.15) is 0 Å². The Hall–Kier alpha value is -2.30. The molecule has 1 aromatic heterocycles. The third-order valence-electron chi connectivity index (χ3n) is 4.61. The molecule has 0 saturated carbocycles. The van der Waals surface area contributed by atoms with Crippen molar-refractivity contribution in [3.05, 3.63) is 30.5 Å². The van der Waals surface area contributed by atoms with E-state index in [4.69, 9.17) is 5.73 Å². The number of hydrogen-bond acceptors (Lipinski definition) is 4. The van der Waals surface area contributed by atoms with E-state index in [0.717, 1.165) is 37.0 Å². The number of pyridine rings is 1. The summed E-state index contributed by atoms with van der Waals surface area (Å²) in [6.45, 7) is 2.59. The highest BCUT2D eigenvalue weighted by atomic mass is 16.2. The van der Waals surface area contributed by atoms with Crippen LogP contribution in [0.1, 0.15) is 12.8 Å². The van der Waals surface area contributed by atoms with Crippen LogP contribution in [0.2, 0.25) is 0 Å². The number of rotatable bonds is 1. The van der Waals surface area contributed by atoms with Crippen LogP contribution in [0.3, 0.4) is 0 Å². The minimum atomic E-state index is 0.309. The minimum absolute atomic E-state index is 0.309. The fourth-order valence-electron chi connectivity index (χ4n) is 3.54. The highest BCUT2D eigenvalue weighted by Gasteiger charge is 2.35. The van der Waals surface area contributed by atoms with Crippen molar-refractivity contribution in [2.24, 2.45) is 0 Å². The molecule has 2 aromatic rings. The Morgan fingerprint density at radius 2 is 2.14 bits per heavy atom. The van der Waals surface area contributed by atoms with Gasteiger partial charge >= 0.3 is 0 Å². The van der Waals surface area contributed by atoms with Crippen LogP contribution >= 0.6 is 0 Å². The molecule has 108 valence electrons. The fraction of sp³-hybridized carbons (Fsp3) is 0.375. The van der Waals surface area contributed by atoms with E-state index in [1.165, 1.54) is 5.69 Å². The predicted octanol–water partition coefficient (Wildman–Crippen LogP) is 1.63. The van der Waals surface area contributed by atoms with Crippen molar-refractivity contribution in [2.45, 2.75) is 18.9 Å². The Morgan fingerprint density at radius 1 is 1.24 bits per heavy atom. The quantitative estimate of drug-likeness (QED) is 0.808.